The highest BCUT2D eigenvalue weighted by atomic mass is 35.5. The number of amides is 1. The number of halogens is 1. The summed E-state index contributed by atoms with van der Waals surface area (Å²) in [6, 6.07) is 34.6. The first-order valence-electron chi connectivity index (χ1n) is 15.1. The average Bonchev–Trinajstić information content (AvgIpc) is 3.04. The molecule has 1 amide bonds. The number of anilines is 1. The zero-order chi connectivity index (χ0) is 30.9. The number of nitrogens with one attached hydrogen (secondary N) is 2. The Morgan fingerprint density at radius 2 is 1.48 bits per heavy atom. The van der Waals surface area contributed by atoms with Crippen molar-refractivity contribution in [2.75, 3.05) is 5.32 Å². The first kappa shape index (κ1) is 30.8. The van der Waals surface area contributed by atoms with Crippen molar-refractivity contribution in [1.29, 1.82) is 0 Å². The Kier molecular flexibility index (Phi) is 10.3. The van der Waals surface area contributed by atoms with Crippen LogP contribution in [0.1, 0.15) is 53.2 Å². The van der Waals surface area contributed by atoms with Crippen molar-refractivity contribution >= 4 is 39.9 Å². The molecular formula is C38H37ClN2O3. The SMILES string of the molecule is CCCCCc1ccc(-c2ccc(CC(NC(=O)c3cc(Cl)ccc3NCc3cccc4ccccc34)C(=O)O)cc2)cc1. The summed E-state index contributed by atoms with van der Waals surface area (Å²) in [6.45, 7) is 2.70. The van der Waals surface area contributed by atoms with Crippen molar-refractivity contribution in [2.24, 2.45) is 0 Å². The van der Waals surface area contributed by atoms with Crippen LogP contribution in [0, 0.1) is 0 Å². The van der Waals surface area contributed by atoms with Crippen molar-refractivity contribution in [3.05, 3.63) is 136 Å². The normalized spacial score (nSPS) is 11.7. The molecule has 0 saturated carbocycles. The lowest BCUT2D eigenvalue weighted by Gasteiger charge is -2.18. The van der Waals surface area contributed by atoms with E-state index in [9.17, 15) is 14.7 Å². The molecule has 0 spiro atoms. The van der Waals surface area contributed by atoms with Gasteiger partial charge in [-0.2, -0.15) is 0 Å². The van der Waals surface area contributed by atoms with Crippen molar-refractivity contribution < 1.29 is 14.7 Å². The van der Waals surface area contributed by atoms with E-state index < -0.39 is 17.9 Å². The van der Waals surface area contributed by atoms with Crippen LogP contribution in [-0.4, -0.2) is 23.0 Å². The number of hydrogen-bond acceptors (Lipinski definition) is 3. The van der Waals surface area contributed by atoms with E-state index in [1.54, 1.807) is 18.2 Å². The molecule has 5 rings (SSSR count). The standard InChI is InChI=1S/C38H37ClN2O3/c1-2-3-4-8-26-13-17-28(18-14-26)29-19-15-27(16-20-29)23-36(38(43)44)41-37(42)34-24-32(39)21-22-35(34)40-25-31-11-7-10-30-9-5-6-12-33(30)31/h5-7,9-22,24,36,40H,2-4,8,23,25H2,1H3,(H,41,42)(H,43,44). The van der Waals surface area contributed by atoms with Crippen LogP contribution in [0.5, 0.6) is 0 Å². The molecule has 0 saturated heterocycles. The summed E-state index contributed by atoms with van der Waals surface area (Å²) in [7, 11) is 0. The van der Waals surface area contributed by atoms with E-state index in [4.69, 9.17) is 11.6 Å². The molecule has 1 atom stereocenters. The maximum atomic E-state index is 13.4. The Hall–Kier alpha value is -4.61. The molecule has 6 heteroatoms. The second-order valence-corrected chi connectivity index (χ2v) is 11.5. The molecule has 224 valence electrons. The van der Waals surface area contributed by atoms with E-state index in [0.717, 1.165) is 39.4 Å². The number of hydrogen-bond donors (Lipinski definition) is 3. The smallest absolute Gasteiger partial charge is 0.326 e. The molecule has 1 unspecified atom stereocenters. The lowest BCUT2D eigenvalue weighted by molar-refractivity contribution is -0.139. The maximum absolute atomic E-state index is 13.4. The highest BCUT2D eigenvalue weighted by molar-refractivity contribution is 6.31. The van der Waals surface area contributed by atoms with Crippen LogP contribution in [0.25, 0.3) is 21.9 Å². The number of carboxylic acid groups (broad SMARTS) is 1. The summed E-state index contributed by atoms with van der Waals surface area (Å²) in [6.07, 6.45) is 4.89. The van der Waals surface area contributed by atoms with Gasteiger partial charge in [-0.15, -0.1) is 0 Å². The third-order valence-corrected chi connectivity index (χ3v) is 8.16. The molecule has 0 radical (unpaired) electrons. The van der Waals surface area contributed by atoms with Crippen molar-refractivity contribution in [2.45, 2.75) is 51.6 Å². The van der Waals surface area contributed by atoms with Gasteiger partial charge in [-0.3, -0.25) is 4.79 Å². The van der Waals surface area contributed by atoms with Gasteiger partial charge in [0, 0.05) is 23.7 Å². The minimum atomic E-state index is -1.11. The Labute approximate surface area is 263 Å². The summed E-state index contributed by atoms with van der Waals surface area (Å²) in [5.74, 6) is -1.61. The number of carbonyl (C=O) groups excluding carboxylic acids is 1. The first-order valence-corrected chi connectivity index (χ1v) is 15.5. The zero-order valence-corrected chi connectivity index (χ0v) is 25.6. The maximum Gasteiger partial charge on any atom is 0.326 e. The predicted molar refractivity (Wildman–Crippen MR) is 180 cm³/mol. The van der Waals surface area contributed by atoms with Gasteiger partial charge < -0.3 is 15.7 Å². The largest absolute Gasteiger partial charge is 0.480 e. The zero-order valence-electron chi connectivity index (χ0n) is 24.9. The van der Waals surface area contributed by atoms with E-state index in [-0.39, 0.29) is 12.0 Å². The number of fused-ring (bicyclic) bond motifs is 1. The highest BCUT2D eigenvalue weighted by Gasteiger charge is 2.23. The van der Waals surface area contributed by atoms with Crippen LogP contribution in [0.3, 0.4) is 0 Å². The van der Waals surface area contributed by atoms with Gasteiger partial charge in [-0.25, -0.2) is 4.79 Å². The molecular weight excluding hydrogens is 568 g/mol. The number of aliphatic carboxylic acids is 1. The predicted octanol–water partition coefficient (Wildman–Crippen LogP) is 8.93. The second kappa shape index (κ2) is 14.7. The molecule has 5 aromatic carbocycles. The van der Waals surface area contributed by atoms with Crippen LogP contribution in [-0.2, 0) is 24.2 Å². The van der Waals surface area contributed by atoms with E-state index in [0.29, 0.717) is 17.3 Å². The number of benzene rings is 5. The van der Waals surface area contributed by atoms with Crippen molar-refractivity contribution in [1.82, 2.24) is 5.32 Å². The Bertz CT molecular complexity index is 1730. The molecule has 5 aromatic rings. The quantitative estimate of drug-likeness (QED) is 0.117. The molecule has 0 aliphatic rings. The van der Waals surface area contributed by atoms with Crippen LogP contribution in [0.15, 0.2) is 109 Å². The highest BCUT2D eigenvalue weighted by Crippen LogP contribution is 2.25. The van der Waals surface area contributed by atoms with Gasteiger partial charge >= 0.3 is 5.97 Å². The van der Waals surface area contributed by atoms with Gasteiger partial charge in [0.05, 0.1) is 5.56 Å². The monoisotopic (exact) mass is 604 g/mol. The van der Waals surface area contributed by atoms with Crippen molar-refractivity contribution in [3.63, 3.8) is 0 Å². The van der Waals surface area contributed by atoms with Crippen LogP contribution in [0.4, 0.5) is 5.69 Å². The number of aryl methyl sites for hydroxylation is 1. The fourth-order valence-corrected chi connectivity index (χ4v) is 5.62. The molecule has 3 N–H and O–H groups in total. The number of unbranched alkanes of at least 4 members (excludes halogenated alkanes) is 2. The molecule has 0 aliphatic carbocycles. The van der Waals surface area contributed by atoms with Gasteiger partial charge in [0.2, 0.25) is 0 Å². The number of carbonyl (C=O) groups is 2. The summed E-state index contributed by atoms with van der Waals surface area (Å²) >= 11 is 6.26. The summed E-state index contributed by atoms with van der Waals surface area (Å²) in [5.41, 5.74) is 6.28. The third kappa shape index (κ3) is 7.86. The molecule has 0 aromatic heterocycles. The van der Waals surface area contributed by atoms with Gasteiger partial charge in [-0.1, -0.05) is 122 Å². The Morgan fingerprint density at radius 1 is 0.795 bits per heavy atom. The van der Waals surface area contributed by atoms with Gasteiger partial charge in [0.1, 0.15) is 6.04 Å². The third-order valence-electron chi connectivity index (χ3n) is 7.93. The molecule has 44 heavy (non-hydrogen) atoms. The topological polar surface area (TPSA) is 78.4 Å². The van der Waals surface area contributed by atoms with E-state index in [1.165, 1.54) is 24.8 Å². The average molecular weight is 605 g/mol. The molecule has 0 aliphatic heterocycles. The van der Waals surface area contributed by atoms with Gasteiger partial charge in [0.15, 0.2) is 0 Å². The van der Waals surface area contributed by atoms with Crippen LogP contribution in [0.2, 0.25) is 5.02 Å². The first-order chi connectivity index (χ1) is 21.4. The summed E-state index contributed by atoms with van der Waals surface area (Å²) < 4.78 is 0. The number of carboxylic acids is 1. The van der Waals surface area contributed by atoms with Crippen LogP contribution >= 0.6 is 11.6 Å². The Balaban J connectivity index is 1.25. The Morgan fingerprint density at radius 3 is 2.18 bits per heavy atom. The second-order valence-electron chi connectivity index (χ2n) is 11.1. The van der Waals surface area contributed by atoms with E-state index in [1.807, 2.05) is 48.5 Å². The molecule has 0 heterocycles. The fourth-order valence-electron chi connectivity index (χ4n) is 5.44. The van der Waals surface area contributed by atoms with Gasteiger partial charge in [-0.05, 0) is 69.6 Å². The van der Waals surface area contributed by atoms with E-state index in [2.05, 4.69) is 60.0 Å². The minimum Gasteiger partial charge on any atom is -0.480 e. The number of rotatable bonds is 13. The van der Waals surface area contributed by atoms with Gasteiger partial charge in [0.25, 0.3) is 5.91 Å². The molecule has 5 nitrogen and oxygen atoms in total. The fraction of sp³-hybridized carbons (Fsp3) is 0.211. The molecule has 0 fully saturated rings. The van der Waals surface area contributed by atoms with E-state index >= 15 is 0 Å². The lowest BCUT2D eigenvalue weighted by atomic mass is 9.98. The molecule has 0 bridgehead atoms. The van der Waals surface area contributed by atoms with Crippen molar-refractivity contribution in [3.8, 4) is 11.1 Å². The summed E-state index contributed by atoms with van der Waals surface area (Å²) in [5, 5.41) is 18.7. The van der Waals surface area contributed by atoms with Crippen LogP contribution < -0.4 is 10.6 Å². The summed E-state index contributed by atoms with van der Waals surface area (Å²) in [4.78, 5) is 25.6. The minimum absolute atomic E-state index is 0.150. The lowest BCUT2D eigenvalue weighted by Crippen LogP contribution is -2.42.